The molecule has 0 aromatic rings. The van der Waals surface area contributed by atoms with E-state index in [9.17, 15) is 0 Å². The summed E-state index contributed by atoms with van der Waals surface area (Å²) in [6.45, 7) is 7.68. The van der Waals surface area contributed by atoms with Crippen molar-refractivity contribution in [2.45, 2.75) is 78.6 Å². The molecule has 10 unspecified atom stereocenters. The van der Waals surface area contributed by atoms with Gasteiger partial charge in [0.05, 0.1) is 0 Å². The van der Waals surface area contributed by atoms with Crippen molar-refractivity contribution < 1.29 is 0 Å². The van der Waals surface area contributed by atoms with E-state index in [1.54, 1.807) is 32.1 Å². The second-order valence-corrected chi connectivity index (χ2v) is 11.0. The summed E-state index contributed by atoms with van der Waals surface area (Å²) >= 11 is 3.65. The summed E-state index contributed by atoms with van der Waals surface area (Å²) in [5.41, 5.74) is 0. The molecule has 0 amide bonds. The summed E-state index contributed by atoms with van der Waals surface area (Å²) < 4.78 is 0. The Morgan fingerprint density at radius 2 is 1.42 bits per heavy atom. The lowest BCUT2D eigenvalue weighted by Gasteiger charge is -2.45. The average molecular weight is 395 g/mol. The third kappa shape index (κ3) is 2.84. The first-order valence-corrected chi connectivity index (χ1v) is 12.3. The molecule has 138 valence electrons. The van der Waals surface area contributed by atoms with Crippen molar-refractivity contribution in [2.75, 3.05) is 5.33 Å². The normalized spacial score (nSPS) is 52.5. The summed E-state index contributed by atoms with van der Waals surface area (Å²) in [5, 5.41) is 1.21. The molecule has 4 bridgehead atoms. The maximum absolute atomic E-state index is 3.65. The number of unbranched alkanes of at least 4 members (excludes halogenated alkanes) is 1. The zero-order valence-corrected chi connectivity index (χ0v) is 17.8. The van der Waals surface area contributed by atoms with Crippen LogP contribution in [0.3, 0.4) is 0 Å². The van der Waals surface area contributed by atoms with Gasteiger partial charge in [0.1, 0.15) is 0 Å². The van der Waals surface area contributed by atoms with E-state index in [0.29, 0.717) is 0 Å². The molecule has 4 aliphatic carbocycles. The summed E-state index contributed by atoms with van der Waals surface area (Å²) in [7, 11) is 0. The smallest absolute Gasteiger partial charge is 0.00314 e. The van der Waals surface area contributed by atoms with Crippen molar-refractivity contribution in [3.05, 3.63) is 0 Å². The minimum atomic E-state index is 1.03. The molecule has 0 aliphatic heterocycles. The largest absolute Gasteiger partial charge is 0.0928 e. The third-order valence-corrected chi connectivity index (χ3v) is 9.89. The zero-order valence-electron chi connectivity index (χ0n) is 16.2. The third-order valence-electron chi connectivity index (χ3n) is 9.33. The van der Waals surface area contributed by atoms with Crippen LogP contribution in [0.5, 0.6) is 0 Å². The highest BCUT2D eigenvalue weighted by Crippen LogP contribution is 2.66. The number of fused-ring (bicyclic) bond motifs is 4. The molecular weight excluding hydrogens is 356 g/mol. The van der Waals surface area contributed by atoms with Gasteiger partial charge in [0, 0.05) is 5.33 Å². The monoisotopic (exact) mass is 394 g/mol. The van der Waals surface area contributed by atoms with Crippen LogP contribution < -0.4 is 0 Å². The predicted octanol–water partition coefficient (Wildman–Crippen LogP) is 7.17. The molecule has 4 aliphatic rings. The second-order valence-electron chi connectivity index (χ2n) is 10.2. The maximum atomic E-state index is 3.65. The standard InChI is InChI=1S/C23H39Br/c1-4-5-7-17-10-18-12-21(17)23(14(18)2)22-15(3)20-13-19(22)11-16(20)8-6-9-24/h14-23H,4-13H2,1-3H3. The molecule has 4 fully saturated rings. The fraction of sp³-hybridized carbons (Fsp3) is 1.00. The van der Waals surface area contributed by atoms with Gasteiger partial charge in [-0.05, 0) is 97.7 Å². The number of halogens is 1. The highest BCUT2D eigenvalue weighted by molar-refractivity contribution is 9.09. The van der Waals surface area contributed by atoms with Gasteiger partial charge in [0.2, 0.25) is 0 Å². The Balaban J connectivity index is 1.45. The number of alkyl halides is 1. The van der Waals surface area contributed by atoms with E-state index < -0.39 is 0 Å². The fourth-order valence-corrected chi connectivity index (χ4v) is 8.78. The lowest BCUT2D eigenvalue weighted by atomic mass is 9.60. The Bertz CT molecular complexity index is 430. The number of hydrogen-bond donors (Lipinski definition) is 0. The Hall–Kier alpha value is 0.480. The Labute approximate surface area is 159 Å². The molecule has 0 nitrogen and oxygen atoms in total. The molecular formula is C23H39Br. The molecule has 0 aromatic heterocycles. The van der Waals surface area contributed by atoms with E-state index in [0.717, 1.165) is 59.2 Å². The van der Waals surface area contributed by atoms with Crippen LogP contribution in [-0.2, 0) is 0 Å². The molecule has 4 saturated carbocycles. The number of rotatable bonds is 7. The molecule has 0 N–H and O–H groups in total. The molecule has 0 aromatic carbocycles. The van der Waals surface area contributed by atoms with Crippen LogP contribution in [0.25, 0.3) is 0 Å². The molecule has 0 spiro atoms. The SMILES string of the molecule is CCCCC1CC2CC1C(C1C3CC(CCCBr)C(C3)C1C)C2C. The highest BCUT2D eigenvalue weighted by Gasteiger charge is 2.59. The first kappa shape index (κ1) is 17.9. The van der Waals surface area contributed by atoms with E-state index in [2.05, 4.69) is 36.7 Å². The fourth-order valence-electron chi connectivity index (χ4n) is 8.45. The van der Waals surface area contributed by atoms with Crippen LogP contribution >= 0.6 is 15.9 Å². The van der Waals surface area contributed by atoms with Crippen LogP contribution in [0.15, 0.2) is 0 Å². The molecule has 0 heterocycles. The van der Waals surface area contributed by atoms with Gasteiger partial charge in [-0.3, -0.25) is 0 Å². The molecule has 24 heavy (non-hydrogen) atoms. The van der Waals surface area contributed by atoms with Gasteiger partial charge < -0.3 is 0 Å². The van der Waals surface area contributed by atoms with E-state index in [-0.39, 0.29) is 0 Å². The predicted molar refractivity (Wildman–Crippen MR) is 107 cm³/mol. The summed E-state index contributed by atoms with van der Waals surface area (Å²) in [6, 6.07) is 0. The van der Waals surface area contributed by atoms with Crippen molar-refractivity contribution in [3.63, 3.8) is 0 Å². The minimum absolute atomic E-state index is 1.03. The molecule has 4 rings (SSSR count). The van der Waals surface area contributed by atoms with Gasteiger partial charge >= 0.3 is 0 Å². The van der Waals surface area contributed by atoms with Gasteiger partial charge in [0.25, 0.3) is 0 Å². The second kappa shape index (κ2) is 7.24. The van der Waals surface area contributed by atoms with E-state index in [1.165, 1.54) is 31.0 Å². The Morgan fingerprint density at radius 3 is 2.08 bits per heavy atom. The van der Waals surface area contributed by atoms with E-state index in [1.807, 2.05) is 0 Å². The summed E-state index contributed by atoms with van der Waals surface area (Å²) in [6.07, 6.45) is 13.7. The van der Waals surface area contributed by atoms with Crippen molar-refractivity contribution >= 4 is 15.9 Å². The van der Waals surface area contributed by atoms with Gasteiger partial charge in [-0.25, -0.2) is 0 Å². The lowest BCUT2D eigenvalue weighted by molar-refractivity contribution is 0.0329. The van der Waals surface area contributed by atoms with Crippen molar-refractivity contribution in [2.24, 2.45) is 59.2 Å². The van der Waals surface area contributed by atoms with Crippen LogP contribution in [0.1, 0.15) is 78.6 Å². The van der Waals surface area contributed by atoms with Gasteiger partial charge in [-0.1, -0.05) is 56.0 Å². The quantitative estimate of drug-likeness (QED) is 0.401. The first-order chi connectivity index (χ1) is 11.7. The zero-order chi connectivity index (χ0) is 16.8. The Kier molecular flexibility index (Phi) is 5.39. The van der Waals surface area contributed by atoms with E-state index >= 15 is 0 Å². The minimum Gasteiger partial charge on any atom is -0.0928 e. The van der Waals surface area contributed by atoms with Crippen molar-refractivity contribution in [1.29, 1.82) is 0 Å². The topological polar surface area (TPSA) is 0 Å². The number of hydrogen-bond acceptors (Lipinski definition) is 0. The van der Waals surface area contributed by atoms with E-state index in [4.69, 9.17) is 0 Å². The van der Waals surface area contributed by atoms with Gasteiger partial charge in [-0.2, -0.15) is 0 Å². The summed E-state index contributed by atoms with van der Waals surface area (Å²) in [4.78, 5) is 0. The Morgan fingerprint density at radius 1 is 0.750 bits per heavy atom. The van der Waals surface area contributed by atoms with Crippen molar-refractivity contribution in [1.82, 2.24) is 0 Å². The van der Waals surface area contributed by atoms with Gasteiger partial charge in [0.15, 0.2) is 0 Å². The summed E-state index contributed by atoms with van der Waals surface area (Å²) in [5.74, 6) is 10.8. The van der Waals surface area contributed by atoms with Crippen LogP contribution in [0, 0.1) is 59.2 Å². The van der Waals surface area contributed by atoms with Crippen LogP contribution in [0.2, 0.25) is 0 Å². The average Bonchev–Trinajstić information content (AvgIpc) is 3.30. The van der Waals surface area contributed by atoms with Crippen LogP contribution in [-0.4, -0.2) is 5.33 Å². The highest BCUT2D eigenvalue weighted by atomic mass is 79.9. The maximum Gasteiger partial charge on any atom is 0.00314 e. The molecule has 0 radical (unpaired) electrons. The first-order valence-electron chi connectivity index (χ1n) is 11.2. The van der Waals surface area contributed by atoms with Crippen molar-refractivity contribution in [3.8, 4) is 0 Å². The lowest BCUT2D eigenvalue weighted by Crippen LogP contribution is -2.39. The molecule has 0 saturated heterocycles. The van der Waals surface area contributed by atoms with Gasteiger partial charge in [-0.15, -0.1) is 0 Å². The molecule has 1 heteroatoms. The van der Waals surface area contributed by atoms with Crippen LogP contribution in [0.4, 0.5) is 0 Å². The molecule has 10 atom stereocenters.